The van der Waals surface area contributed by atoms with E-state index in [-0.39, 0.29) is 18.9 Å². The van der Waals surface area contributed by atoms with E-state index in [1.165, 1.54) is 0 Å². The second-order valence-corrected chi connectivity index (χ2v) is 6.67. The minimum Gasteiger partial charge on any atom is -0.457 e. The molecule has 0 aliphatic heterocycles. The Labute approximate surface area is 153 Å². The minimum absolute atomic E-state index is 0.154. The molecule has 0 spiro atoms. The van der Waals surface area contributed by atoms with Gasteiger partial charge in [-0.1, -0.05) is 18.2 Å². The molecule has 0 heterocycles. The third-order valence-corrected chi connectivity index (χ3v) is 3.14. The quantitative estimate of drug-likeness (QED) is 0.807. The first-order chi connectivity index (χ1) is 12.3. The molecule has 0 aliphatic rings. The molecule has 0 fully saturated rings. The van der Waals surface area contributed by atoms with Crippen molar-refractivity contribution < 1.29 is 19.1 Å². The molecule has 2 N–H and O–H groups in total. The van der Waals surface area contributed by atoms with Crippen molar-refractivity contribution in [3.05, 3.63) is 54.6 Å². The van der Waals surface area contributed by atoms with Crippen molar-refractivity contribution in [1.82, 2.24) is 5.32 Å². The monoisotopic (exact) mass is 356 g/mol. The first-order valence-electron chi connectivity index (χ1n) is 8.41. The Kier molecular flexibility index (Phi) is 6.60. The highest BCUT2D eigenvalue weighted by Gasteiger charge is 2.15. The van der Waals surface area contributed by atoms with E-state index in [0.29, 0.717) is 11.4 Å². The predicted molar refractivity (Wildman–Crippen MR) is 100 cm³/mol. The lowest BCUT2D eigenvalue weighted by Gasteiger charge is -2.19. The summed E-state index contributed by atoms with van der Waals surface area (Å²) in [5, 5.41) is 5.32. The van der Waals surface area contributed by atoms with E-state index in [9.17, 15) is 9.59 Å². The molecule has 6 nitrogen and oxygen atoms in total. The van der Waals surface area contributed by atoms with Crippen LogP contribution in [0.5, 0.6) is 11.5 Å². The molecule has 0 saturated heterocycles. The number of ether oxygens (including phenoxy) is 2. The highest BCUT2D eigenvalue weighted by Crippen LogP contribution is 2.22. The molecule has 0 atom stereocenters. The lowest BCUT2D eigenvalue weighted by molar-refractivity contribution is -0.116. The van der Waals surface area contributed by atoms with Crippen LogP contribution >= 0.6 is 0 Å². The summed E-state index contributed by atoms with van der Waals surface area (Å²) in [5.41, 5.74) is 0.100. The van der Waals surface area contributed by atoms with E-state index in [1.54, 1.807) is 45.0 Å². The van der Waals surface area contributed by atoms with Gasteiger partial charge in [-0.25, -0.2) is 4.79 Å². The Balaban J connectivity index is 1.74. The normalized spacial score (nSPS) is 10.7. The van der Waals surface area contributed by atoms with Gasteiger partial charge in [0.25, 0.3) is 0 Å². The Morgan fingerprint density at radius 3 is 2.15 bits per heavy atom. The molecule has 138 valence electrons. The summed E-state index contributed by atoms with van der Waals surface area (Å²) in [5.74, 6) is 1.23. The fraction of sp³-hybridized carbons (Fsp3) is 0.300. The fourth-order valence-corrected chi connectivity index (χ4v) is 2.05. The summed E-state index contributed by atoms with van der Waals surface area (Å²) >= 11 is 0. The highest BCUT2D eigenvalue weighted by molar-refractivity contribution is 5.91. The molecule has 0 aromatic heterocycles. The summed E-state index contributed by atoms with van der Waals surface area (Å²) < 4.78 is 10.8. The van der Waals surface area contributed by atoms with Crippen molar-refractivity contribution in [2.75, 3.05) is 11.9 Å². The topological polar surface area (TPSA) is 76.7 Å². The number of rotatable bonds is 6. The molecule has 0 unspecified atom stereocenters. The van der Waals surface area contributed by atoms with E-state index in [0.717, 1.165) is 5.75 Å². The molecule has 2 aromatic rings. The Hall–Kier alpha value is -3.02. The minimum atomic E-state index is -0.560. The molecular weight excluding hydrogens is 332 g/mol. The molecule has 2 rings (SSSR count). The third-order valence-electron chi connectivity index (χ3n) is 3.14. The molecule has 2 aromatic carbocycles. The van der Waals surface area contributed by atoms with Crippen LogP contribution in [-0.4, -0.2) is 24.1 Å². The van der Waals surface area contributed by atoms with E-state index in [2.05, 4.69) is 10.6 Å². The standard InChI is InChI=1S/C20H24N2O4/c1-20(2,3)26-19(24)21-14-13-18(23)22-15-9-11-17(12-10-15)25-16-7-5-4-6-8-16/h4-12H,13-14H2,1-3H3,(H,21,24)(H,22,23). The number of alkyl carbamates (subject to hydrolysis) is 1. The zero-order valence-electron chi connectivity index (χ0n) is 15.2. The maximum absolute atomic E-state index is 11.9. The number of benzene rings is 2. The second-order valence-electron chi connectivity index (χ2n) is 6.67. The summed E-state index contributed by atoms with van der Waals surface area (Å²) in [7, 11) is 0. The Morgan fingerprint density at radius 1 is 0.923 bits per heavy atom. The summed E-state index contributed by atoms with van der Waals surface area (Å²) in [6.07, 6.45) is -0.380. The van der Waals surface area contributed by atoms with Crippen LogP contribution in [0.1, 0.15) is 27.2 Å². The number of para-hydroxylation sites is 1. The number of hydrogen-bond donors (Lipinski definition) is 2. The van der Waals surface area contributed by atoms with Gasteiger partial charge in [0.2, 0.25) is 5.91 Å². The van der Waals surface area contributed by atoms with E-state index < -0.39 is 11.7 Å². The highest BCUT2D eigenvalue weighted by atomic mass is 16.6. The first-order valence-corrected chi connectivity index (χ1v) is 8.41. The lowest BCUT2D eigenvalue weighted by atomic mass is 10.2. The van der Waals surface area contributed by atoms with Gasteiger partial charge in [-0.2, -0.15) is 0 Å². The van der Waals surface area contributed by atoms with Crippen LogP contribution < -0.4 is 15.4 Å². The van der Waals surface area contributed by atoms with Gasteiger partial charge in [-0.15, -0.1) is 0 Å². The van der Waals surface area contributed by atoms with Gasteiger partial charge in [0, 0.05) is 18.7 Å². The molecule has 0 bridgehead atoms. The largest absolute Gasteiger partial charge is 0.457 e. The Bertz CT molecular complexity index is 722. The van der Waals surface area contributed by atoms with Crippen LogP contribution in [0.2, 0.25) is 0 Å². The number of hydrogen-bond acceptors (Lipinski definition) is 4. The third kappa shape index (κ3) is 7.25. The van der Waals surface area contributed by atoms with Gasteiger partial charge in [-0.05, 0) is 57.2 Å². The van der Waals surface area contributed by atoms with Crippen LogP contribution in [0, 0.1) is 0 Å². The molecule has 26 heavy (non-hydrogen) atoms. The maximum Gasteiger partial charge on any atom is 0.407 e. The van der Waals surface area contributed by atoms with E-state index >= 15 is 0 Å². The van der Waals surface area contributed by atoms with Crippen molar-refractivity contribution in [3.63, 3.8) is 0 Å². The number of carbonyl (C=O) groups excluding carboxylic acids is 2. The molecular formula is C20H24N2O4. The zero-order valence-corrected chi connectivity index (χ0v) is 15.2. The number of amides is 2. The average Bonchev–Trinajstić information content (AvgIpc) is 2.56. The van der Waals surface area contributed by atoms with Gasteiger partial charge in [0.1, 0.15) is 17.1 Å². The van der Waals surface area contributed by atoms with Crippen LogP contribution in [0.25, 0.3) is 0 Å². The van der Waals surface area contributed by atoms with Crippen molar-refractivity contribution in [1.29, 1.82) is 0 Å². The van der Waals surface area contributed by atoms with Crippen LogP contribution in [0.15, 0.2) is 54.6 Å². The van der Waals surface area contributed by atoms with Gasteiger partial charge in [0.05, 0.1) is 0 Å². The van der Waals surface area contributed by atoms with Gasteiger partial charge in [0.15, 0.2) is 0 Å². The summed E-state index contributed by atoms with van der Waals surface area (Å²) in [6, 6.07) is 16.5. The SMILES string of the molecule is CC(C)(C)OC(=O)NCCC(=O)Nc1ccc(Oc2ccccc2)cc1. The Morgan fingerprint density at radius 2 is 1.54 bits per heavy atom. The smallest absolute Gasteiger partial charge is 0.407 e. The van der Waals surface area contributed by atoms with Crippen molar-refractivity contribution >= 4 is 17.7 Å². The number of nitrogens with one attached hydrogen (secondary N) is 2. The number of anilines is 1. The lowest BCUT2D eigenvalue weighted by Crippen LogP contribution is -2.34. The average molecular weight is 356 g/mol. The molecule has 0 aliphatic carbocycles. The van der Waals surface area contributed by atoms with Gasteiger partial charge in [-0.3, -0.25) is 4.79 Å². The van der Waals surface area contributed by atoms with Crippen molar-refractivity contribution in [2.45, 2.75) is 32.8 Å². The molecule has 6 heteroatoms. The van der Waals surface area contributed by atoms with Gasteiger partial charge >= 0.3 is 6.09 Å². The second kappa shape index (κ2) is 8.89. The maximum atomic E-state index is 11.9. The van der Waals surface area contributed by atoms with Crippen LogP contribution in [-0.2, 0) is 9.53 Å². The molecule has 2 amide bonds. The summed E-state index contributed by atoms with van der Waals surface area (Å²) in [6.45, 7) is 5.55. The van der Waals surface area contributed by atoms with Crippen molar-refractivity contribution in [3.8, 4) is 11.5 Å². The van der Waals surface area contributed by atoms with Crippen LogP contribution in [0.3, 0.4) is 0 Å². The number of carbonyl (C=O) groups is 2. The molecule has 0 radical (unpaired) electrons. The van der Waals surface area contributed by atoms with Crippen LogP contribution in [0.4, 0.5) is 10.5 Å². The van der Waals surface area contributed by atoms with Crippen molar-refractivity contribution in [2.24, 2.45) is 0 Å². The van der Waals surface area contributed by atoms with E-state index in [1.807, 2.05) is 30.3 Å². The van der Waals surface area contributed by atoms with Gasteiger partial charge < -0.3 is 20.1 Å². The summed E-state index contributed by atoms with van der Waals surface area (Å²) in [4.78, 5) is 23.4. The molecule has 0 saturated carbocycles. The zero-order chi connectivity index (χ0) is 19.0. The predicted octanol–water partition coefficient (Wildman–Crippen LogP) is 4.33. The van der Waals surface area contributed by atoms with E-state index in [4.69, 9.17) is 9.47 Å². The fourth-order valence-electron chi connectivity index (χ4n) is 2.05. The first kappa shape index (κ1) is 19.3.